The second-order valence-corrected chi connectivity index (χ2v) is 8.18. The fourth-order valence-corrected chi connectivity index (χ4v) is 3.05. The van der Waals surface area contributed by atoms with Gasteiger partial charge in [-0.05, 0) is 54.6 Å². The van der Waals surface area contributed by atoms with E-state index in [2.05, 4.69) is 20.5 Å². The van der Waals surface area contributed by atoms with Crippen molar-refractivity contribution in [3.05, 3.63) is 115 Å². The van der Waals surface area contributed by atoms with Crippen LogP contribution in [0.5, 0.6) is 0 Å². The zero-order valence-electron chi connectivity index (χ0n) is 19.3. The number of rotatable bonds is 6. The Labute approximate surface area is 225 Å². The lowest BCUT2D eigenvalue weighted by atomic mass is 10.3. The third-order valence-electron chi connectivity index (χ3n) is 4.63. The van der Waals surface area contributed by atoms with Gasteiger partial charge >= 0.3 is 0 Å². The molecule has 0 aliphatic rings. The number of halogens is 2. The zero-order chi connectivity index (χ0) is 27.7. The monoisotopic (exact) mass is 552 g/mol. The number of nitro benzene ring substituents is 2. The summed E-state index contributed by atoms with van der Waals surface area (Å²) < 4.78 is 0. The van der Waals surface area contributed by atoms with Crippen LogP contribution < -0.4 is 11.5 Å². The number of nitrogens with zero attached hydrogens (tertiary/aromatic N) is 6. The number of anilines is 2. The molecule has 4 aromatic carbocycles. The summed E-state index contributed by atoms with van der Waals surface area (Å²) in [5, 5.41) is 37.7. The topological polar surface area (TPSA) is 188 Å². The maximum Gasteiger partial charge on any atom is 0.271 e. The van der Waals surface area contributed by atoms with Gasteiger partial charge in [0.2, 0.25) is 0 Å². The molecule has 0 spiro atoms. The van der Waals surface area contributed by atoms with Gasteiger partial charge in [-0.1, -0.05) is 29.3 Å². The molecule has 12 nitrogen and oxygen atoms in total. The molecule has 0 radical (unpaired) electrons. The van der Waals surface area contributed by atoms with Crippen LogP contribution in [0.4, 0.5) is 45.5 Å². The molecule has 0 aliphatic heterocycles. The SMILES string of the molecule is Nc1ccc(N=Nc2ccc([N+](=O)[O-])cc2)cc1Cl.Nc1ccc(N=Nc2cccc([N+](=O)[O-])c2)cc1Cl. The second-order valence-electron chi connectivity index (χ2n) is 7.36. The lowest BCUT2D eigenvalue weighted by Gasteiger charge is -1.98. The van der Waals surface area contributed by atoms with Crippen molar-refractivity contribution in [2.45, 2.75) is 0 Å². The highest BCUT2D eigenvalue weighted by Gasteiger charge is 2.05. The number of nitro groups is 2. The lowest BCUT2D eigenvalue weighted by Crippen LogP contribution is -1.85. The maximum absolute atomic E-state index is 10.6. The molecule has 0 bridgehead atoms. The van der Waals surface area contributed by atoms with E-state index < -0.39 is 9.85 Å². The fraction of sp³-hybridized carbons (Fsp3) is 0. The van der Waals surface area contributed by atoms with Crippen molar-refractivity contribution in [2.75, 3.05) is 11.5 Å². The van der Waals surface area contributed by atoms with Gasteiger partial charge in [-0.15, -0.1) is 0 Å². The summed E-state index contributed by atoms with van der Waals surface area (Å²) in [5.74, 6) is 0. The van der Waals surface area contributed by atoms with Crippen LogP contribution in [0.2, 0.25) is 10.0 Å². The number of hydrogen-bond acceptors (Lipinski definition) is 10. The van der Waals surface area contributed by atoms with Crippen molar-refractivity contribution >= 4 is 68.7 Å². The van der Waals surface area contributed by atoms with Crippen molar-refractivity contribution in [2.24, 2.45) is 20.5 Å². The average molecular weight is 553 g/mol. The Balaban J connectivity index is 0.000000211. The molecule has 0 saturated heterocycles. The summed E-state index contributed by atoms with van der Waals surface area (Å²) in [6.45, 7) is 0. The quantitative estimate of drug-likeness (QED) is 0.104. The molecule has 0 atom stereocenters. The van der Waals surface area contributed by atoms with Gasteiger partial charge in [0.05, 0.1) is 54.0 Å². The largest absolute Gasteiger partial charge is 0.398 e. The molecule has 38 heavy (non-hydrogen) atoms. The van der Waals surface area contributed by atoms with Gasteiger partial charge in [0, 0.05) is 24.3 Å². The van der Waals surface area contributed by atoms with Crippen LogP contribution >= 0.6 is 23.2 Å². The van der Waals surface area contributed by atoms with Crippen LogP contribution in [0.25, 0.3) is 0 Å². The molecular formula is C24H18Cl2N8O4. The smallest absolute Gasteiger partial charge is 0.271 e. The van der Waals surface area contributed by atoms with Crippen LogP contribution in [-0.2, 0) is 0 Å². The van der Waals surface area contributed by atoms with Crippen molar-refractivity contribution in [1.82, 2.24) is 0 Å². The van der Waals surface area contributed by atoms with Crippen LogP contribution in [0, 0.1) is 20.2 Å². The Kier molecular flexibility index (Phi) is 9.35. The van der Waals surface area contributed by atoms with Crippen LogP contribution in [0.1, 0.15) is 0 Å². The molecule has 0 saturated carbocycles. The number of benzene rings is 4. The maximum atomic E-state index is 10.6. The summed E-state index contributed by atoms with van der Waals surface area (Å²) in [6, 6.07) is 21.4. The predicted octanol–water partition coefficient (Wildman–Crippen LogP) is 8.49. The average Bonchev–Trinajstić information content (AvgIpc) is 2.91. The molecule has 4 aromatic rings. The lowest BCUT2D eigenvalue weighted by molar-refractivity contribution is -0.385. The number of nitrogens with two attached hydrogens (primary N) is 2. The van der Waals surface area contributed by atoms with E-state index in [1.807, 2.05) is 0 Å². The highest BCUT2D eigenvalue weighted by Crippen LogP contribution is 2.28. The van der Waals surface area contributed by atoms with Gasteiger partial charge in [0.1, 0.15) is 0 Å². The molecule has 0 amide bonds. The van der Waals surface area contributed by atoms with Crippen molar-refractivity contribution in [3.8, 4) is 0 Å². The van der Waals surface area contributed by atoms with Crippen molar-refractivity contribution < 1.29 is 9.85 Å². The summed E-state index contributed by atoms with van der Waals surface area (Å²) in [7, 11) is 0. The molecule has 4 rings (SSSR count). The van der Waals surface area contributed by atoms with E-state index in [4.69, 9.17) is 34.7 Å². The number of hydrogen-bond donors (Lipinski definition) is 2. The highest BCUT2D eigenvalue weighted by molar-refractivity contribution is 6.33. The van der Waals surface area contributed by atoms with E-state index in [9.17, 15) is 20.2 Å². The number of nitrogen functional groups attached to an aromatic ring is 2. The van der Waals surface area contributed by atoms with Gasteiger partial charge in [0.15, 0.2) is 0 Å². The third-order valence-corrected chi connectivity index (χ3v) is 5.29. The van der Waals surface area contributed by atoms with Gasteiger partial charge in [-0.25, -0.2) is 0 Å². The Morgan fingerprint density at radius 2 is 0.974 bits per heavy atom. The molecular weight excluding hydrogens is 535 g/mol. The summed E-state index contributed by atoms with van der Waals surface area (Å²) in [5.41, 5.74) is 14.0. The molecule has 0 aromatic heterocycles. The molecule has 0 unspecified atom stereocenters. The first kappa shape index (κ1) is 27.6. The Bertz CT molecular complexity index is 1530. The van der Waals surface area contributed by atoms with Crippen LogP contribution in [-0.4, -0.2) is 9.85 Å². The molecule has 0 fully saturated rings. The molecule has 0 heterocycles. The summed E-state index contributed by atoms with van der Waals surface area (Å²) >= 11 is 11.7. The second kappa shape index (κ2) is 12.9. The van der Waals surface area contributed by atoms with Crippen molar-refractivity contribution in [3.63, 3.8) is 0 Å². The van der Waals surface area contributed by atoms with E-state index in [-0.39, 0.29) is 11.4 Å². The Morgan fingerprint density at radius 3 is 1.42 bits per heavy atom. The predicted molar refractivity (Wildman–Crippen MR) is 146 cm³/mol. The Morgan fingerprint density at radius 1 is 0.553 bits per heavy atom. The van der Waals surface area contributed by atoms with E-state index in [0.717, 1.165) is 0 Å². The molecule has 4 N–H and O–H groups in total. The minimum absolute atomic E-state index is 0.00878. The zero-order valence-corrected chi connectivity index (χ0v) is 20.8. The van der Waals surface area contributed by atoms with E-state index in [1.165, 1.54) is 36.4 Å². The van der Waals surface area contributed by atoms with E-state index in [0.29, 0.717) is 44.2 Å². The van der Waals surface area contributed by atoms with Gasteiger partial charge in [-0.2, -0.15) is 20.5 Å². The third kappa shape index (κ3) is 8.05. The Hall–Kier alpha value is -4.94. The molecule has 0 aliphatic carbocycles. The van der Waals surface area contributed by atoms with E-state index in [1.54, 1.807) is 48.5 Å². The minimum Gasteiger partial charge on any atom is -0.398 e. The first-order valence-corrected chi connectivity index (χ1v) is 11.3. The molecule has 192 valence electrons. The normalized spacial score (nSPS) is 10.8. The fourth-order valence-electron chi connectivity index (χ4n) is 2.70. The van der Waals surface area contributed by atoms with Crippen molar-refractivity contribution in [1.29, 1.82) is 0 Å². The van der Waals surface area contributed by atoms with E-state index >= 15 is 0 Å². The van der Waals surface area contributed by atoms with Gasteiger partial charge in [0.25, 0.3) is 11.4 Å². The first-order chi connectivity index (χ1) is 18.1. The molecule has 14 heteroatoms. The van der Waals surface area contributed by atoms with Crippen LogP contribution in [0.3, 0.4) is 0 Å². The number of azo groups is 2. The van der Waals surface area contributed by atoms with Crippen LogP contribution in [0.15, 0.2) is 105 Å². The first-order valence-electron chi connectivity index (χ1n) is 10.5. The highest BCUT2D eigenvalue weighted by atomic mass is 35.5. The summed E-state index contributed by atoms with van der Waals surface area (Å²) in [4.78, 5) is 20.1. The van der Waals surface area contributed by atoms with Gasteiger partial charge < -0.3 is 11.5 Å². The summed E-state index contributed by atoms with van der Waals surface area (Å²) in [6.07, 6.45) is 0. The van der Waals surface area contributed by atoms with Gasteiger partial charge in [-0.3, -0.25) is 20.2 Å². The standard InChI is InChI=1S/2C12H9ClN4O2/c13-11-7-9(3-6-12(11)14)16-15-8-1-4-10(5-2-8)17(18)19;13-11-7-9(4-5-12(11)14)16-15-8-2-1-3-10(6-8)17(18)19/h2*1-7H,14H2. The minimum atomic E-state index is -0.487. The number of non-ortho nitro benzene ring substituents is 2.